The van der Waals surface area contributed by atoms with E-state index in [0.717, 1.165) is 19.3 Å². The number of Topliss-reactive ketones (excluding diaryl/α,β-unsaturated/α-hetero) is 1. The van der Waals surface area contributed by atoms with Crippen LogP contribution in [0.15, 0.2) is 42.5 Å². The molecule has 1 heteroatoms. The first kappa shape index (κ1) is 14.1. The summed E-state index contributed by atoms with van der Waals surface area (Å²) >= 11 is 0. The van der Waals surface area contributed by atoms with E-state index in [9.17, 15) is 4.79 Å². The van der Waals surface area contributed by atoms with Crippen molar-refractivity contribution >= 4 is 5.78 Å². The molecule has 2 aromatic carbocycles. The highest BCUT2D eigenvalue weighted by atomic mass is 16.1. The predicted octanol–water partition coefficient (Wildman–Crippen LogP) is 4.22. The van der Waals surface area contributed by atoms with Crippen molar-refractivity contribution in [3.05, 3.63) is 70.3 Å². The second-order valence-corrected chi connectivity index (χ2v) is 6.28. The van der Waals surface area contributed by atoms with Crippen LogP contribution in [0.2, 0.25) is 0 Å². The number of carbonyl (C=O) groups is 1. The van der Waals surface area contributed by atoms with E-state index in [1.54, 1.807) is 0 Å². The second kappa shape index (κ2) is 5.85. The van der Waals surface area contributed by atoms with Crippen molar-refractivity contribution in [2.45, 2.75) is 39.5 Å². The number of hydrogen-bond donors (Lipinski definition) is 0. The molecule has 2 aromatic rings. The van der Waals surface area contributed by atoms with Gasteiger partial charge in [-0.15, -0.1) is 0 Å². The minimum atomic E-state index is 0.194. The summed E-state index contributed by atoms with van der Waals surface area (Å²) in [6.45, 7) is 4.18. The summed E-state index contributed by atoms with van der Waals surface area (Å²) in [5, 5.41) is 0. The molecule has 1 aliphatic rings. The largest absolute Gasteiger partial charge is 0.299 e. The number of ketones is 1. The van der Waals surface area contributed by atoms with Crippen LogP contribution in [0, 0.1) is 19.8 Å². The van der Waals surface area contributed by atoms with E-state index >= 15 is 0 Å². The Labute approximate surface area is 127 Å². The molecule has 1 aliphatic carbocycles. The first-order chi connectivity index (χ1) is 10.1. The number of aryl methyl sites for hydroxylation is 3. The van der Waals surface area contributed by atoms with Gasteiger partial charge in [0.25, 0.3) is 0 Å². The van der Waals surface area contributed by atoms with Crippen molar-refractivity contribution in [1.29, 1.82) is 0 Å². The van der Waals surface area contributed by atoms with Crippen molar-refractivity contribution < 1.29 is 4.79 Å². The monoisotopic (exact) mass is 278 g/mol. The predicted molar refractivity (Wildman–Crippen MR) is 86.6 cm³/mol. The van der Waals surface area contributed by atoms with Gasteiger partial charge in [-0.3, -0.25) is 4.79 Å². The fraction of sp³-hybridized carbons (Fsp3) is 0.350. The average Bonchev–Trinajstić information content (AvgIpc) is 2.50. The zero-order chi connectivity index (χ0) is 14.8. The van der Waals surface area contributed by atoms with Crippen LogP contribution in [0.5, 0.6) is 0 Å². The van der Waals surface area contributed by atoms with Gasteiger partial charge in [-0.1, -0.05) is 48.0 Å². The molecule has 0 bridgehead atoms. The molecule has 0 fully saturated rings. The number of benzene rings is 2. The van der Waals surface area contributed by atoms with E-state index < -0.39 is 0 Å². The van der Waals surface area contributed by atoms with E-state index in [0.29, 0.717) is 12.2 Å². The van der Waals surface area contributed by atoms with Crippen LogP contribution in [-0.2, 0) is 24.1 Å². The van der Waals surface area contributed by atoms with Crippen LogP contribution in [0.3, 0.4) is 0 Å². The molecule has 0 radical (unpaired) electrons. The lowest BCUT2D eigenvalue weighted by molar-refractivity contribution is -0.122. The quantitative estimate of drug-likeness (QED) is 0.821. The Morgan fingerprint density at radius 3 is 2.67 bits per heavy atom. The van der Waals surface area contributed by atoms with Gasteiger partial charge >= 0.3 is 0 Å². The van der Waals surface area contributed by atoms with E-state index in [1.807, 2.05) is 0 Å². The Balaban J connectivity index is 1.74. The van der Waals surface area contributed by atoms with E-state index in [-0.39, 0.29) is 5.92 Å². The Hall–Kier alpha value is -1.89. The molecule has 1 nitrogen and oxygen atoms in total. The minimum absolute atomic E-state index is 0.194. The standard InChI is InChI=1S/C20H22O/c1-14-7-8-15(2)19(11-14)13-20(21)18-10-9-16-5-3-4-6-17(16)12-18/h3-8,11,18H,9-10,12-13H2,1-2H3. The van der Waals surface area contributed by atoms with Crippen LogP contribution >= 0.6 is 0 Å². The number of carbonyl (C=O) groups excluding carboxylic acids is 1. The molecular formula is C20H22O. The van der Waals surface area contributed by atoms with E-state index in [4.69, 9.17) is 0 Å². The molecule has 0 aliphatic heterocycles. The molecule has 0 N–H and O–H groups in total. The van der Waals surface area contributed by atoms with Gasteiger partial charge in [-0.2, -0.15) is 0 Å². The van der Waals surface area contributed by atoms with E-state index in [1.165, 1.54) is 27.8 Å². The maximum atomic E-state index is 12.6. The Bertz CT molecular complexity index is 669. The van der Waals surface area contributed by atoms with Crippen LogP contribution in [-0.4, -0.2) is 5.78 Å². The lowest BCUT2D eigenvalue weighted by Crippen LogP contribution is -2.24. The van der Waals surface area contributed by atoms with Gasteiger partial charge in [0.05, 0.1) is 0 Å². The molecule has 1 unspecified atom stereocenters. The van der Waals surface area contributed by atoms with Gasteiger partial charge in [0.15, 0.2) is 0 Å². The Kier molecular flexibility index (Phi) is 3.92. The van der Waals surface area contributed by atoms with Gasteiger partial charge in [0.1, 0.15) is 5.78 Å². The number of hydrogen-bond acceptors (Lipinski definition) is 1. The highest BCUT2D eigenvalue weighted by Crippen LogP contribution is 2.27. The molecule has 21 heavy (non-hydrogen) atoms. The number of fused-ring (bicyclic) bond motifs is 1. The van der Waals surface area contributed by atoms with Crippen molar-refractivity contribution in [2.75, 3.05) is 0 Å². The maximum absolute atomic E-state index is 12.6. The SMILES string of the molecule is Cc1ccc(C)c(CC(=O)C2CCc3ccccc3C2)c1. The topological polar surface area (TPSA) is 17.1 Å². The highest BCUT2D eigenvalue weighted by Gasteiger charge is 2.24. The van der Waals surface area contributed by atoms with Gasteiger partial charge in [0.2, 0.25) is 0 Å². The summed E-state index contributed by atoms with van der Waals surface area (Å²) in [5.74, 6) is 0.595. The van der Waals surface area contributed by atoms with Crippen LogP contribution in [0.25, 0.3) is 0 Å². The summed E-state index contributed by atoms with van der Waals surface area (Å²) in [6, 6.07) is 14.9. The van der Waals surface area contributed by atoms with Crippen molar-refractivity contribution in [1.82, 2.24) is 0 Å². The Morgan fingerprint density at radius 2 is 1.86 bits per heavy atom. The third-order valence-corrected chi connectivity index (χ3v) is 4.67. The first-order valence-corrected chi connectivity index (χ1v) is 7.79. The molecular weight excluding hydrogens is 256 g/mol. The third kappa shape index (κ3) is 3.07. The molecule has 0 saturated carbocycles. The van der Waals surface area contributed by atoms with Gasteiger partial charge < -0.3 is 0 Å². The zero-order valence-electron chi connectivity index (χ0n) is 12.9. The summed E-state index contributed by atoms with van der Waals surface area (Å²) in [4.78, 5) is 12.6. The minimum Gasteiger partial charge on any atom is -0.299 e. The fourth-order valence-electron chi connectivity index (χ4n) is 3.30. The molecule has 0 heterocycles. The summed E-state index contributed by atoms with van der Waals surface area (Å²) < 4.78 is 0. The molecule has 0 spiro atoms. The summed E-state index contributed by atoms with van der Waals surface area (Å²) in [7, 11) is 0. The van der Waals surface area contributed by atoms with Crippen LogP contribution in [0.1, 0.15) is 34.2 Å². The first-order valence-electron chi connectivity index (χ1n) is 7.79. The van der Waals surface area contributed by atoms with Gasteiger partial charge in [-0.25, -0.2) is 0 Å². The van der Waals surface area contributed by atoms with Crippen molar-refractivity contribution in [3.63, 3.8) is 0 Å². The lowest BCUT2D eigenvalue weighted by Gasteiger charge is -2.23. The smallest absolute Gasteiger partial charge is 0.140 e. The molecule has 0 saturated heterocycles. The normalized spacial score (nSPS) is 17.3. The van der Waals surface area contributed by atoms with Crippen molar-refractivity contribution in [3.8, 4) is 0 Å². The molecule has 0 aromatic heterocycles. The van der Waals surface area contributed by atoms with E-state index in [2.05, 4.69) is 56.3 Å². The fourth-order valence-corrected chi connectivity index (χ4v) is 3.30. The molecule has 0 amide bonds. The van der Waals surface area contributed by atoms with Crippen molar-refractivity contribution in [2.24, 2.45) is 5.92 Å². The molecule has 108 valence electrons. The van der Waals surface area contributed by atoms with Crippen LogP contribution < -0.4 is 0 Å². The average molecular weight is 278 g/mol. The highest BCUT2D eigenvalue weighted by molar-refractivity contribution is 5.84. The number of rotatable bonds is 3. The molecule has 1 atom stereocenters. The summed E-state index contributed by atoms with van der Waals surface area (Å²) in [5.41, 5.74) is 6.44. The third-order valence-electron chi connectivity index (χ3n) is 4.67. The summed E-state index contributed by atoms with van der Waals surface area (Å²) in [6.07, 6.45) is 3.54. The van der Waals surface area contributed by atoms with Gasteiger partial charge in [0, 0.05) is 12.3 Å². The van der Waals surface area contributed by atoms with Gasteiger partial charge in [-0.05, 0) is 55.4 Å². The Morgan fingerprint density at radius 1 is 1.10 bits per heavy atom. The second-order valence-electron chi connectivity index (χ2n) is 6.28. The maximum Gasteiger partial charge on any atom is 0.140 e. The lowest BCUT2D eigenvalue weighted by atomic mass is 9.80. The zero-order valence-corrected chi connectivity index (χ0v) is 12.9. The molecule has 3 rings (SSSR count). The van der Waals surface area contributed by atoms with Crippen LogP contribution in [0.4, 0.5) is 0 Å².